The third kappa shape index (κ3) is 5.28. The number of anilines is 3. The maximum atomic E-state index is 13.1. The minimum Gasteiger partial charge on any atom is -0.365 e. The van der Waals surface area contributed by atoms with E-state index in [2.05, 4.69) is 20.6 Å². The van der Waals surface area contributed by atoms with E-state index in [-0.39, 0.29) is 23.8 Å². The van der Waals surface area contributed by atoms with Crippen LogP contribution in [0.15, 0.2) is 36.3 Å². The molecule has 0 atom stereocenters. The Hall–Kier alpha value is -3.67. The van der Waals surface area contributed by atoms with Gasteiger partial charge in [0.15, 0.2) is 5.82 Å². The van der Waals surface area contributed by atoms with Crippen molar-refractivity contribution in [1.82, 2.24) is 14.9 Å². The number of carbonyl (C=O) groups excluding carboxylic acids is 2. The number of halogens is 3. The quantitative estimate of drug-likeness (QED) is 0.501. The summed E-state index contributed by atoms with van der Waals surface area (Å²) in [6.45, 7) is 8.04. The fraction of sp³-hybridized carbons (Fsp3) is 0.364. The van der Waals surface area contributed by atoms with Gasteiger partial charge in [-0.3, -0.25) is 14.5 Å². The van der Waals surface area contributed by atoms with Gasteiger partial charge in [-0.15, -0.1) is 0 Å². The molecule has 1 aliphatic heterocycles. The van der Waals surface area contributed by atoms with E-state index in [4.69, 9.17) is 5.73 Å². The van der Waals surface area contributed by atoms with Gasteiger partial charge in [0.1, 0.15) is 17.1 Å². The zero-order valence-electron chi connectivity index (χ0n) is 19.0. The van der Waals surface area contributed by atoms with Gasteiger partial charge in [-0.1, -0.05) is 13.8 Å². The van der Waals surface area contributed by atoms with Gasteiger partial charge in [0, 0.05) is 18.4 Å². The van der Waals surface area contributed by atoms with Crippen molar-refractivity contribution in [3.05, 3.63) is 47.8 Å². The number of primary amides is 1. The Morgan fingerprint density at radius 2 is 1.71 bits per heavy atom. The first kappa shape index (κ1) is 25.0. The van der Waals surface area contributed by atoms with Crippen LogP contribution >= 0.6 is 0 Å². The summed E-state index contributed by atoms with van der Waals surface area (Å²) in [6, 6.07) is 5.86. The van der Waals surface area contributed by atoms with E-state index >= 15 is 0 Å². The third-order valence-corrected chi connectivity index (χ3v) is 5.37. The summed E-state index contributed by atoms with van der Waals surface area (Å²) in [4.78, 5) is 35.9. The number of likely N-dealkylation sites (N-methyl/N-ethyl adjacent to an activating group) is 2. The molecule has 0 bridgehead atoms. The summed E-state index contributed by atoms with van der Waals surface area (Å²) in [5, 5.41) is 5.88. The van der Waals surface area contributed by atoms with Crippen molar-refractivity contribution >= 4 is 34.4 Å². The fourth-order valence-electron chi connectivity index (χ4n) is 3.55. The van der Waals surface area contributed by atoms with Gasteiger partial charge in [0.2, 0.25) is 5.91 Å². The van der Waals surface area contributed by atoms with Crippen molar-refractivity contribution in [3.8, 4) is 0 Å². The Balaban J connectivity index is 1.93. The zero-order chi connectivity index (χ0) is 25.0. The number of benzene rings is 1. The Morgan fingerprint density at radius 1 is 1.03 bits per heavy atom. The molecule has 2 heterocycles. The maximum absolute atomic E-state index is 13.1. The summed E-state index contributed by atoms with van der Waals surface area (Å²) in [6.07, 6.45) is -3.80. The first-order valence-electron chi connectivity index (χ1n) is 10.7. The predicted molar refractivity (Wildman–Crippen MR) is 123 cm³/mol. The predicted octanol–water partition coefficient (Wildman–Crippen LogP) is 2.88. The van der Waals surface area contributed by atoms with Gasteiger partial charge in [-0.25, -0.2) is 9.97 Å². The van der Waals surface area contributed by atoms with Gasteiger partial charge in [0.05, 0.1) is 17.9 Å². The second kappa shape index (κ2) is 10.1. The molecule has 0 spiro atoms. The number of nitrogens with zero attached hydrogens (tertiary/aromatic N) is 4. The summed E-state index contributed by atoms with van der Waals surface area (Å²) in [7, 11) is 0. The van der Waals surface area contributed by atoms with Crippen LogP contribution in [0.25, 0.3) is 5.57 Å². The standard InChI is InChI=1S/C22H26F3N7O2/c1-4-31(5-2)12-17(33)32(6-3)13-7-8-14-15(11-13)29-21(28-14)18(19(26)34)20-27-10-9-16(30-20)22(23,24)25/h7-11,28-29H,4-6,12H2,1-3H3,(H2,26,34). The van der Waals surface area contributed by atoms with Crippen LogP contribution in [0.2, 0.25) is 0 Å². The van der Waals surface area contributed by atoms with E-state index in [1.165, 1.54) is 0 Å². The number of nitrogens with one attached hydrogen (secondary N) is 2. The molecule has 1 aliphatic rings. The first-order chi connectivity index (χ1) is 16.1. The lowest BCUT2D eigenvalue weighted by Crippen LogP contribution is -2.40. The van der Waals surface area contributed by atoms with Crippen molar-refractivity contribution < 1.29 is 22.8 Å². The van der Waals surface area contributed by atoms with Gasteiger partial charge in [-0.05, 0) is 44.3 Å². The molecule has 1 aromatic heterocycles. The smallest absolute Gasteiger partial charge is 0.365 e. The summed E-state index contributed by atoms with van der Waals surface area (Å²) in [5.41, 5.74) is 5.64. The van der Waals surface area contributed by atoms with Crippen LogP contribution in [-0.2, 0) is 15.8 Å². The highest BCUT2D eigenvalue weighted by atomic mass is 19.4. The van der Waals surface area contributed by atoms with Crippen LogP contribution in [0.5, 0.6) is 0 Å². The van der Waals surface area contributed by atoms with Crippen LogP contribution in [-0.4, -0.2) is 52.9 Å². The average molecular weight is 477 g/mol. The van der Waals surface area contributed by atoms with Crippen molar-refractivity contribution in [3.63, 3.8) is 0 Å². The summed E-state index contributed by atoms with van der Waals surface area (Å²) < 4.78 is 39.2. The molecule has 12 heteroatoms. The molecule has 2 aromatic rings. The number of fused-ring (bicyclic) bond motifs is 1. The largest absolute Gasteiger partial charge is 0.433 e. The summed E-state index contributed by atoms with van der Waals surface area (Å²) in [5.74, 6) is -1.48. The van der Waals surface area contributed by atoms with E-state index in [0.717, 1.165) is 19.3 Å². The Kier molecular flexibility index (Phi) is 7.40. The van der Waals surface area contributed by atoms with Crippen LogP contribution in [0, 0.1) is 0 Å². The van der Waals surface area contributed by atoms with E-state index < -0.39 is 23.6 Å². The molecule has 0 fully saturated rings. The molecule has 0 radical (unpaired) electrons. The molecule has 9 nitrogen and oxygen atoms in total. The number of aromatic nitrogens is 2. The fourth-order valence-corrected chi connectivity index (χ4v) is 3.55. The van der Waals surface area contributed by atoms with E-state index in [0.29, 0.717) is 29.7 Å². The molecule has 182 valence electrons. The molecular weight excluding hydrogens is 451 g/mol. The average Bonchev–Trinajstić information content (AvgIpc) is 3.20. The van der Waals surface area contributed by atoms with Gasteiger partial charge in [-0.2, -0.15) is 13.2 Å². The Bertz CT molecular complexity index is 1110. The number of rotatable bonds is 8. The second-order valence-corrected chi connectivity index (χ2v) is 7.46. The van der Waals surface area contributed by atoms with E-state index in [9.17, 15) is 22.8 Å². The molecule has 3 rings (SSSR count). The lowest BCUT2D eigenvalue weighted by molar-refractivity contribution is -0.141. The molecule has 0 saturated heterocycles. The van der Waals surface area contributed by atoms with E-state index in [1.807, 2.05) is 25.7 Å². The molecule has 0 aliphatic carbocycles. The minimum atomic E-state index is -4.71. The highest BCUT2D eigenvalue weighted by Gasteiger charge is 2.34. The minimum absolute atomic E-state index is 0.0523. The van der Waals surface area contributed by atoms with Crippen molar-refractivity contribution in [2.45, 2.75) is 26.9 Å². The number of hydrogen-bond acceptors (Lipinski definition) is 7. The number of hydrogen-bond donors (Lipinski definition) is 3. The van der Waals surface area contributed by atoms with Crippen molar-refractivity contribution in [1.29, 1.82) is 0 Å². The molecular formula is C22H26F3N7O2. The van der Waals surface area contributed by atoms with Crippen LogP contribution in [0.4, 0.5) is 30.2 Å². The Labute approximate surface area is 194 Å². The molecule has 2 amide bonds. The summed E-state index contributed by atoms with van der Waals surface area (Å²) >= 11 is 0. The maximum Gasteiger partial charge on any atom is 0.433 e. The van der Waals surface area contributed by atoms with E-state index in [1.54, 1.807) is 23.1 Å². The highest BCUT2D eigenvalue weighted by molar-refractivity contribution is 6.20. The van der Waals surface area contributed by atoms with Gasteiger partial charge >= 0.3 is 6.18 Å². The molecule has 4 N–H and O–H groups in total. The SMILES string of the molecule is CCN(CC)CC(=O)N(CC)c1ccc2c(c1)NC(=C(C(N)=O)c1nccc(C(F)(F)F)n1)N2. The van der Waals surface area contributed by atoms with Crippen molar-refractivity contribution in [2.24, 2.45) is 5.73 Å². The number of alkyl halides is 3. The topological polar surface area (TPSA) is 116 Å². The lowest BCUT2D eigenvalue weighted by atomic mass is 10.2. The van der Waals surface area contributed by atoms with Crippen LogP contribution in [0.3, 0.4) is 0 Å². The normalized spacial score (nSPS) is 14.3. The number of amides is 2. The van der Waals surface area contributed by atoms with Crippen molar-refractivity contribution in [2.75, 3.05) is 41.7 Å². The lowest BCUT2D eigenvalue weighted by Gasteiger charge is -2.25. The van der Waals surface area contributed by atoms with Crippen LogP contribution in [0.1, 0.15) is 32.3 Å². The molecule has 0 unspecified atom stereocenters. The zero-order valence-corrected chi connectivity index (χ0v) is 19.0. The molecule has 1 aromatic carbocycles. The molecule has 0 saturated carbocycles. The van der Waals surface area contributed by atoms with Gasteiger partial charge < -0.3 is 21.3 Å². The first-order valence-corrected chi connectivity index (χ1v) is 10.7. The number of nitrogens with two attached hydrogens (primary N) is 1. The second-order valence-electron chi connectivity index (χ2n) is 7.46. The number of carbonyl (C=O) groups is 2. The monoisotopic (exact) mass is 477 g/mol. The van der Waals surface area contributed by atoms with Gasteiger partial charge in [0.25, 0.3) is 5.91 Å². The van der Waals surface area contributed by atoms with Crippen LogP contribution < -0.4 is 21.3 Å². The molecule has 34 heavy (non-hydrogen) atoms. The highest BCUT2D eigenvalue weighted by Crippen LogP contribution is 2.36. The Morgan fingerprint density at radius 3 is 2.29 bits per heavy atom. The third-order valence-electron chi connectivity index (χ3n) is 5.37.